The molecule has 0 aliphatic heterocycles. The molecule has 3 nitrogen and oxygen atoms in total. The normalized spacial score (nSPS) is 13.1. The Balaban J connectivity index is 2.06. The molecule has 32 heavy (non-hydrogen) atoms. The summed E-state index contributed by atoms with van der Waals surface area (Å²) in [6, 6.07) is 9.80. The first-order valence-corrected chi connectivity index (χ1v) is 10.1. The van der Waals surface area contributed by atoms with Gasteiger partial charge < -0.3 is 4.42 Å². The molecule has 4 aromatic rings. The summed E-state index contributed by atoms with van der Waals surface area (Å²) in [5.74, 6) is -4.00. The first kappa shape index (κ1) is 21.6. The largest absolute Gasteiger partial charge is 0.437 e. The minimum atomic E-state index is -1.50. The van der Waals surface area contributed by atoms with Crippen LogP contribution in [0.3, 0.4) is 0 Å². The molecule has 0 radical (unpaired) electrons. The van der Waals surface area contributed by atoms with Crippen LogP contribution in [0.1, 0.15) is 29.3 Å². The quantitative estimate of drug-likeness (QED) is 0.147. The van der Waals surface area contributed by atoms with Gasteiger partial charge in [-0.05, 0) is 73.4 Å². The fourth-order valence-electron chi connectivity index (χ4n) is 3.89. The number of benzene rings is 2. The second-order valence-electron chi connectivity index (χ2n) is 7.60. The predicted octanol–water partition coefficient (Wildman–Crippen LogP) is 7.20. The number of hydrogen-bond acceptors (Lipinski definition) is 3. The lowest BCUT2D eigenvalue weighted by Crippen LogP contribution is -1.97. The zero-order valence-corrected chi connectivity index (χ0v) is 18.1. The van der Waals surface area contributed by atoms with Crippen molar-refractivity contribution >= 4 is 39.4 Å². The number of fused-ring (bicyclic) bond motifs is 3. The van der Waals surface area contributed by atoms with Crippen LogP contribution in [0.4, 0.5) is 13.2 Å². The molecular weight excluding hydrogens is 413 g/mol. The summed E-state index contributed by atoms with van der Waals surface area (Å²) in [7, 11) is 1.62. The zero-order valence-electron chi connectivity index (χ0n) is 18.1. The summed E-state index contributed by atoms with van der Waals surface area (Å²) >= 11 is 0. The van der Waals surface area contributed by atoms with Gasteiger partial charge >= 0.3 is 0 Å². The Hall–Kier alpha value is -3.67. The Morgan fingerprint density at radius 1 is 1.00 bits per heavy atom. The molecule has 2 heterocycles. The van der Waals surface area contributed by atoms with Crippen LogP contribution in [-0.2, 0) is 0 Å². The maximum atomic E-state index is 14.0. The lowest BCUT2D eigenvalue weighted by Gasteiger charge is -2.13. The zero-order chi connectivity index (χ0) is 23.0. The van der Waals surface area contributed by atoms with E-state index in [0.717, 1.165) is 45.3 Å². The summed E-state index contributed by atoms with van der Waals surface area (Å²) in [6.07, 6.45) is 4.92. The topological polar surface area (TPSA) is 38.4 Å². The number of aryl methyl sites for hydroxylation is 2. The highest BCUT2D eigenvalue weighted by molar-refractivity contribution is 6.10. The number of rotatable bonds is 4. The highest BCUT2D eigenvalue weighted by Crippen LogP contribution is 2.38. The summed E-state index contributed by atoms with van der Waals surface area (Å²) in [6.45, 7) is 5.67. The van der Waals surface area contributed by atoms with E-state index in [0.29, 0.717) is 16.9 Å². The molecule has 0 atom stereocenters. The fourth-order valence-corrected chi connectivity index (χ4v) is 3.89. The number of aliphatic imine (C=N–C) groups is 1. The summed E-state index contributed by atoms with van der Waals surface area (Å²) < 4.78 is 47.8. The van der Waals surface area contributed by atoms with Crippen molar-refractivity contribution in [3.8, 4) is 0 Å². The van der Waals surface area contributed by atoms with Crippen molar-refractivity contribution in [2.45, 2.75) is 20.8 Å². The number of aromatic nitrogens is 1. The van der Waals surface area contributed by atoms with Gasteiger partial charge in [0.25, 0.3) is 0 Å². The molecule has 0 unspecified atom stereocenters. The maximum absolute atomic E-state index is 14.0. The Kier molecular flexibility index (Phi) is 5.70. The molecule has 0 spiro atoms. The first-order chi connectivity index (χ1) is 15.3. The monoisotopic (exact) mass is 434 g/mol. The summed E-state index contributed by atoms with van der Waals surface area (Å²) in [5.41, 5.74) is 5.14. The van der Waals surface area contributed by atoms with Gasteiger partial charge in [-0.2, -0.15) is 0 Å². The van der Waals surface area contributed by atoms with Crippen LogP contribution in [0.5, 0.6) is 0 Å². The fraction of sp³-hybridized carbons (Fsp3) is 0.154. The van der Waals surface area contributed by atoms with Crippen molar-refractivity contribution in [1.82, 2.24) is 4.98 Å². The third-order valence-corrected chi connectivity index (χ3v) is 5.43. The van der Waals surface area contributed by atoms with Crippen LogP contribution in [0, 0.1) is 31.3 Å². The molecule has 0 aliphatic rings. The number of halogens is 3. The smallest absolute Gasteiger partial charge is 0.227 e. The third-order valence-electron chi connectivity index (χ3n) is 5.43. The second-order valence-corrected chi connectivity index (χ2v) is 7.60. The molecule has 2 aromatic carbocycles. The SMILES string of the molecule is CN=C/C=C\C(=C(/C)c1c(C)ccc2c1oc1nc(C)ccc12)c1cc(F)c(F)c(F)c1. The molecule has 6 heteroatoms. The summed E-state index contributed by atoms with van der Waals surface area (Å²) in [5, 5.41) is 1.77. The minimum absolute atomic E-state index is 0.209. The second kappa shape index (κ2) is 8.46. The van der Waals surface area contributed by atoms with E-state index in [4.69, 9.17) is 4.42 Å². The molecule has 4 rings (SSSR count). The van der Waals surface area contributed by atoms with Crippen molar-refractivity contribution in [3.63, 3.8) is 0 Å². The van der Waals surface area contributed by atoms with Crippen LogP contribution in [0.25, 0.3) is 33.2 Å². The molecular formula is C26H21F3N2O. The van der Waals surface area contributed by atoms with Crippen molar-refractivity contribution < 1.29 is 17.6 Å². The van der Waals surface area contributed by atoms with Crippen molar-refractivity contribution in [3.05, 3.63) is 88.4 Å². The number of furan rings is 1. The molecule has 0 bridgehead atoms. The van der Waals surface area contributed by atoms with E-state index in [9.17, 15) is 13.2 Å². The Morgan fingerprint density at radius 3 is 2.38 bits per heavy atom. The van der Waals surface area contributed by atoms with E-state index < -0.39 is 17.5 Å². The minimum Gasteiger partial charge on any atom is -0.437 e. The maximum Gasteiger partial charge on any atom is 0.227 e. The van der Waals surface area contributed by atoms with Crippen molar-refractivity contribution in [1.29, 1.82) is 0 Å². The van der Waals surface area contributed by atoms with Gasteiger partial charge in [-0.3, -0.25) is 4.99 Å². The number of allylic oxidation sites excluding steroid dienone is 4. The molecule has 0 saturated carbocycles. The van der Waals surface area contributed by atoms with Gasteiger partial charge in [0.1, 0.15) is 5.58 Å². The van der Waals surface area contributed by atoms with Crippen LogP contribution in [0.2, 0.25) is 0 Å². The van der Waals surface area contributed by atoms with Gasteiger partial charge in [-0.25, -0.2) is 18.2 Å². The average molecular weight is 434 g/mol. The van der Waals surface area contributed by atoms with Crippen LogP contribution >= 0.6 is 0 Å². The number of pyridine rings is 1. The van der Waals surface area contributed by atoms with E-state index in [-0.39, 0.29) is 5.56 Å². The Labute approximate surface area is 183 Å². The standard InChI is InChI=1S/C26H21F3N2O/c1-14-7-9-19-20-10-8-15(2)31-26(20)32-25(19)23(14)16(3)18(6-5-11-30-4)17-12-21(27)24(29)22(28)13-17/h5-13H,1-4H3/b6-5-,18-16-,30-11?. The van der Waals surface area contributed by atoms with Crippen LogP contribution in [-0.4, -0.2) is 18.2 Å². The predicted molar refractivity (Wildman–Crippen MR) is 123 cm³/mol. The lowest BCUT2D eigenvalue weighted by molar-refractivity contribution is 0.446. The number of hydrogen-bond donors (Lipinski definition) is 0. The molecule has 162 valence electrons. The summed E-state index contributed by atoms with van der Waals surface area (Å²) in [4.78, 5) is 8.40. The van der Waals surface area contributed by atoms with Crippen LogP contribution in [0.15, 0.2) is 58.0 Å². The molecule has 0 amide bonds. The van der Waals surface area contributed by atoms with Gasteiger partial charge in [0.05, 0.1) is 0 Å². The molecule has 0 saturated heterocycles. The first-order valence-electron chi connectivity index (χ1n) is 10.1. The molecule has 0 aliphatic carbocycles. The lowest BCUT2D eigenvalue weighted by atomic mass is 9.91. The van der Waals surface area contributed by atoms with E-state index in [1.54, 1.807) is 25.4 Å². The van der Waals surface area contributed by atoms with Crippen LogP contribution < -0.4 is 0 Å². The van der Waals surface area contributed by atoms with Gasteiger partial charge in [-0.15, -0.1) is 0 Å². The highest BCUT2D eigenvalue weighted by atomic mass is 19.2. The van der Waals surface area contributed by atoms with Gasteiger partial charge in [0.2, 0.25) is 5.71 Å². The van der Waals surface area contributed by atoms with Crippen molar-refractivity contribution in [2.75, 3.05) is 7.05 Å². The van der Waals surface area contributed by atoms with E-state index in [1.807, 2.05) is 45.0 Å². The average Bonchev–Trinajstić information content (AvgIpc) is 3.11. The molecule has 0 N–H and O–H groups in total. The molecule has 2 aromatic heterocycles. The van der Waals surface area contributed by atoms with E-state index in [2.05, 4.69) is 9.98 Å². The van der Waals surface area contributed by atoms with Gasteiger partial charge in [0.15, 0.2) is 17.5 Å². The van der Waals surface area contributed by atoms with E-state index in [1.165, 1.54) is 0 Å². The highest BCUT2D eigenvalue weighted by Gasteiger charge is 2.19. The van der Waals surface area contributed by atoms with Gasteiger partial charge in [0, 0.05) is 35.3 Å². The number of nitrogens with zero attached hydrogens (tertiary/aromatic N) is 2. The Morgan fingerprint density at radius 2 is 1.69 bits per heavy atom. The van der Waals surface area contributed by atoms with Crippen molar-refractivity contribution in [2.24, 2.45) is 4.99 Å². The Bertz CT molecular complexity index is 1420. The van der Waals surface area contributed by atoms with Gasteiger partial charge in [-0.1, -0.05) is 18.2 Å². The third kappa shape index (κ3) is 3.73. The molecule has 0 fully saturated rings. The van der Waals surface area contributed by atoms with E-state index >= 15 is 0 Å².